The Balaban J connectivity index is 3.67. The number of rotatable bonds is 12. The highest BCUT2D eigenvalue weighted by Crippen LogP contribution is 2.16. The van der Waals surface area contributed by atoms with Gasteiger partial charge in [0.15, 0.2) is 0 Å². The van der Waals surface area contributed by atoms with Crippen molar-refractivity contribution >= 4 is 0 Å². The molecule has 0 aliphatic rings. The molecular formula is C15H34N2O. The van der Waals surface area contributed by atoms with Gasteiger partial charge in [0.2, 0.25) is 0 Å². The fourth-order valence-corrected chi connectivity index (χ4v) is 2.56. The summed E-state index contributed by atoms with van der Waals surface area (Å²) in [5.74, 6) is 6.14. The Morgan fingerprint density at radius 3 is 2.00 bits per heavy atom. The van der Waals surface area contributed by atoms with Gasteiger partial charge in [-0.25, -0.2) is 0 Å². The molecule has 0 rings (SSSR count). The van der Waals surface area contributed by atoms with Crippen molar-refractivity contribution in [3.05, 3.63) is 0 Å². The van der Waals surface area contributed by atoms with E-state index in [9.17, 15) is 0 Å². The average Bonchev–Trinajstić information content (AvgIpc) is 2.35. The van der Waals surface area contributed by atoms with E-state index in [4.69, 9.17) is 10.6 Å². The molecule has 0 aliphatic heterocycles. The van der Waals surface area contributed by atoms with E-state index in [2.05, 4.69) is 26.2 Å². The highest BCUT2D eigenvalue weighted by molar-refractivity contribution is 4.77. The molecule has 3 N–H and O–H groups in total. The third-order valence-electron chi connectivity index (χ3n) is 3.66. The lowest BCUT2D eigenvalue weighted by Crippen LogP contribution is -2.47. The van der Waals surface area contributed by atoms with Gasteiger partial charge in [0, 0.05) is 13.2 Å². The summed E-state index contributed by atoms with van der Waals surface area (Å²) in [6.45, 7) is 6.63. The summed E-state index contributed by atoms with van der Waals surface area (Å²) in [5.41, 5.74) is 2.92. The molecule has 0 saturated carbocycles. The van der Waals surface area contributed by atoms with Gasteiger partial charge in [-0.1, -0.05) is 65.7 Å². The number of nitrogens with two attached hydrogens (primary N) is 1. The van der Waals surface area contributed by atoms with Crippen molar-refractivity contribution in [2.75, 3.05) is 7.11 Å². The first-order chi connectivity index (χ1) is 8.67. The summed E-state index contributed by atoms with van der Waals surface area (Å²) in [6, 6.07) is 0.283. The van der Waals surface area contributed by atoms with Crippen molar-refractivity contribution in [3.8, 4) is 0 Å². The molecule has 0 bridgehead atoms. The number of unbranched alkanes of at least 4 members (excludes halogenated alkanes) is 6. The van der Waals surface area contributed by atoms with Gasteiger partial charge in [-0.2, -0.15) is 0 Å². The number of nitrogens with one attached hydrogen (secondary N) is 1. The number of hydrazine groups is 1. The highest BCUT2D eigenvalue weighted by atomic mass is 16.5. The standard InChI is InChI=1S/C15H34N2O/c1-5-6-7-8-9-10-11-12-14(17-16)15(18-4)13(2)3/h13-15,17H,5-12,16H2,1-4H3. The minimum Gasteiger partial charge on any atom is -0.380 e. The first-order valence-corrected chi connectivity index (χ1v) is 7.66. The summed E-state index contributed by atoms with van der Waals surface area (Å²) in [4.78, 5) is 0. The largest absolute Gasteiger partial charge is 0.380 e. The molecule has 110 valence electrons. The fraction of sp³-hybridized carbons (Fsp3) is 1.00. The van der Waals surface area contributed by atoms with E-state index in [1.807, 2.05) is 0 Å². The Labute approximate surface area is 114 Å². The van der Waals surface area contributed by atoms with Crippen LogP contribution in [0.25, 0.3) is 0 Å². The molecular weight excluding hydrogens is 224 g/mol. The Morgan fingerprint density at radius 1 is 1.00 bits per heavy atom. The smallest absolute Gasteiger partial charge is 0.0760 e. The van der Waals surface area contributed by atoms with E-state index in [-0.39, 0.29) is 12.1 Å². The molecule has 0 amide bonds. The van der Waals surface area contributed by atoms with Gasteiger partial charge >= 0.3 is 0 Å². The zero-order valence-corrected chi connectivity index (χ0v) is 12.9. The van der Waals surface area contributed by atoms with Gasteiger partial charge in [-0.3, -0.25) is 11.3 Å². The van der Waals surface area contributed by atoms with Crippen molar-refractivity contribution in [2.24, 2.45) is 11.8 Å². The van der Waals surface area contributed by atoms with Crippen LogP contribution in [-0.2, 0) is 4.74 Å². The first-order valence-electron chi connectivity index (χ1n) is 7.66. The third kappa shape index (κ3) is 8.06. The Morgan fingerprint density at radius 2 is 1.56 bits per heavy atom. The van der Waals surface area contributed by atoms with E-state index in [0.29, 0.717) is 5.92 Å². The summed E-state index contributed by atoms with van der Waals surface area (Å²) in [6.07, 6.45) is 10.7. The molecule has 2 atom stereocenters. The second-order valence-corrected chi connectivity index (χ2v) is 5.63. The molecule has 0 saturated heterocycles. The minimum absolute atomic E-state index is 0.218. The molecule has 0 radical (unpaired) electrons. The summed E-state index contributed by atoms with van der Waals surface area (Å²) in [5, 5.41) is 0. The van der Waals surface area contributed by atoms with Crippen molar-refractivity contribution in [1.82, 2.24) is 5.43 Å². The fourth-order valence-electron chi connectivity index (χ4n) is 2.56. The van der Waals surface area contributed by atoms with Crippen LogP contribution in [0.1, 0.15) is 72.1 Å². The highest BCUT2D eigenvalue weighted by Gasteiger charge is 2.22. The molecule has 0 aromatic heterocycles. The third-order valence-corrected chi connectivity index (χ3v) is 3.66. The van der Waals surface area contributed by atoms with Gasteiger partial charge in [-0.15, -0.1) is 0 Å². The topological polar surface area (TPSA) is 47.3 Å². The molecule has 0 spiro atoms. The van der Waals surface area contributed by atoms with Gasteiger partial charge in [0.1, 0.15) is 0 Å². The van der Waals surface area contributed by atoms with Crippen molar-refractivity contribution in [3.63, 3.8) is 0 Å². The van der Waals surface area contributed by atoms with Crippen LogP contribution >= 0.6 is 0 Å². The second kappa shape index (κ2) is 11.9. The van der Waals surface area contributed by atoms with Crippen LogP contribution in [0, 0.1) is 5.92 Å². The van der Waals surface area contributed by atoms with Crippen LogP contribution in [0.3, 0.4) is 0 Å². The lowest BCUT2D eigenvalue weighted by molar-refractivity contribution is 0.0299. The van der Waals surface area contributed by atoms with Crippen LogP contribution in [0.5, 0.6) is 0 Å². The zero-order valence-electron chi connectivity index (χ0n) is 12.9. The van der Waals surface area contributed by atoms with Crippen LogP contribution in [0.4, 0.5) is 0 Å². The molecule has 3 nitrogen and oxygen atoms in total. The van der Waals surface area contributed by atoms with E-state index < -0.39 is 0 Å². The van der Waals surface area contributed by atoms with Crippen molar-refractivity contribution < 1.29 is 4.74 Å². The maximum Gasteiger partial charge on any atom is 0.0760 e. The van der Waals surface area contributed by atoms with E-state index in [1.165, 1.54) is 44.9 Å². The van der Waals surface area contributed by atoms with Gasteiger partial charge in [0.05, 0.1) is 6.10 Å². The maximum atomic E-state index is 5.64. The number of ether oxygens (including phenoxy) is 1. The van der Waals surface area contributed by atoms with E-state index in [0.717, 1.165) is 6.42 Å². The Kier molecular flexibility index (Phi) is 11.9. The minimum atomic E-state index is 0.218. The normalized spacial score (nSPS) is 15.0. The molecule has 3 heteroatoms. The first kappa shape index (κ1) is 17.9. The molecule has 18 heavy (non-hydrogen) atoms. The molecule has 0 heterocycles. The predicted octanol–water partition coefficient (Wildman–Crippen LogP) is 3.63. The van der Waals surface area contributed by atoms with Gasteiger partial charge in [0.25, 0.3) is 0 Å². The molecule has 0 fully saturated rings. The van der Waals surface area contributed by atoms with Gasteiger partial charge in [-0.05, 0) is 12.3 Å². The number of hydrogen-bond donors (Lipinski definition) is 2. The van der Waals surface area contributed by atoms with E-state index in [1.54, 1.807) is 7.11 Å². The summed E-state index contributed by atoms with van der Waals surface area (Å²) in [7, 11) is 1.78. The monoisotopic (exact) mass is 258 g/mol. The molecule has 2 unspecified atom stereocenters. The predicted molar refractivity (Wildman–Crippen MR) is 79.4 cm³/mol. The van der Waals surface area contributed by atoms with Gasteiger partial charge < -0.3 is 4.74 Å². The molecule has 0 aromatic carbocycles. The van der Waals surface area contributed by atoms with Crippen LogP contribution in [0.15, 0.2) is 0 Å². The zero-order chi connectivity index (χ0) is 13.8. The number of hydrogen-bond acceptors (Lipinski definition) is 3. The Bertz CT molecular complexity index is 174. The van der Waals surface area contributed by atoms with E-state index >= 15 is 0 Å². The quantitative estimate of drug-likeness (QED) is 0.319. The summed E-state index contributed by atoms with van der Waals surface area (Å²) < 4.78 is 5.53. The lowest BCUT2D eigenvalue weighted by atomic mass is 9.95. The maximum absolute atomic E-state index is 5.64. The SMILES string of the molecule is CCCCCCCCCC(NN)C(OC)C(C)C. The molecule has 0 aromatic rings. The average molecular weight is 258 g/mol. The lowest BCUT2D eigenvalue weighted by Gasteiger charge is -2.28. The second-order valence-electron chi connectivity index (χ2n) is 5.63. The molecule has 0 aliphatic carbocycles. The Hall–Kier alpha value is -0.120. The van der Waals surface area contributed by atoms with Crippen LogP contribution in [0.2, 0.25) is 0 Å². The van der Waals surface area contributed by atoms with Crippen molar-refractivity contribution in [1.29, 1.82) is 0 Å². The number of methoxy groups -OCH3 is 1. The van der Waals surface area contributed by atoms with Crippen LogP contribution < -0.4 is 11.3 Å². The summed E-state index contributed by atoms with van der Waals surface area (Å²) >= 11 is 0. The van der Waals surface area contributed by atoms with Crippen LogP contribution in [-0.4, -0.2) is 19.3 Å². The van der Waals surface area contributed by atoms with Crippen molar-refractivity contribution in [2.45, 2.75) is 84.3 Å².